The fourth-order valence-electron chi connectivity index (χ4n) is 3.79. The summed E-state index contributed by atoms with van der Waals surface area (Å²) >= 11 is 0. The van der Waals surface area contributed by atoms with Crippen LogP contribution in [-0.4, -0.2) is 41.0 Å². The van der Waals surface area contributed by atoms with Gasteiger partial charge in [-0.15, -0.1) is 0 Å². The average molecular weight is 375 g/mol. The molecule has 1 heterocycles. The van der Waals surface area contributed by atoms with Crippen LogP contribution in [0.5, 0.6) is 0 Å². The number of halogens is 3. The minimum Gasteiger partial charge on any atom is -0.372 e. The summed E-state index contributed by atoms with van der Waals surface area (Å²) in [5, 5.41) is 10.8. The Balaban J connectivity index is 2.04. The molecule has 1 aliphatic carbocycles. The number of hydrogen-bond acceptors (Lipinski definition) is 3. The van der Waals surface area contributed by atoms with Crippen molar-refractivity contribution in [2.75, 3.05) is 13.1 Å². The van der Waals surface area contributed by atoms with E-state index in [1.165, 1.54) is 36.1 Å². The van der Waals surface area contributed by atoms with Gasteiger partial charge in [0, 0.05) is 35.3 Å². The standard InChI is InChI=1S/C20H16F3NO3/c1-11(25)14-9-12(18(26)24-7-4-8-24)10-16-17(14)13-5-2-3-6-15(13)19(16,27)20(21,22)23/h2-3,5-6,9-10,27H,4,7-8H2,1H3. The Morgan fingerprint density at radius 1 is 1.11 bits per heavy atom. The number of likely N-dealkylation sites (tertiary alicyclic amines) is 1. The van der Waals surface area contributed by atoms with Crippen molar-refractivity contribution >= 4 is 11.7 Å². The molecule has 1 atom stereocenters. The van der Waals surface area contributed by atoms with Gasteiger partial charge in [-0.2, -0.15) is 13.2 Å². The van der Waals surface area contributed by atoms with Crippen LogP contribution in [0.1, 0.15) is 45.2 Å². The second-order valence-corrected chi connectivity index (χ2v) is 6.90. The van der Waals surface area contributed by atoms with E-state index in [0.717, 1.165) is 12.5 Å². The number of fused-ring (bicyclic) bond motifs is 3. The molecule has 0 bridgehead atoms. The minimum atomic E-state index is -5.01. The van der Waals surface area contributed by atoms with Gasteiger partial charge in [0.15, 0.2) is 5.78 Å². The van der Waals surface area contributed by atoms with Gasteiger partial charge in [-0.05, 0) is 36.6 Å². The lowest BCUT2D eigenvalue weighted by atomic mass is 9.88. The number of rotatable bonds is 2. The number of carbonyl (C=O) groups is 2. The zero-order valence-electron chi connectivity index (χ0n) is 14.4. The molecular formula is C20H16F3NO3. The van der Waals surface area contributed by atoms with Crippen molar-refractivity contribution in [2.24, 2.45) is 0 Å². The van der Waals surface area contributed by atoms with E-state index in [-0.39, 0.29) is 27.8 Å². The van der Waals surface area contributed by atoms with E-state index >= 15 is 0 Å². The molecule has 1 fully saturated rings. The normalized spacial score (nSPS) is 20.7. The van der Waals surface area contributed by atoms with Crippen molar-refractivity contribution in [3.05, 3.63) is 58.7 Å². The highest BCUT2D eigenvalue weighted by Crippen LogP contribution is 2.56. The zero-order valence-corrected chi connectivity index (χ0v) is 14.4. The highest BCUT2D eigenvalue weighted by Gasteiger charge is 2.61. The first-order chi connectivity index (χ1) is 12.7. The summed E-state index contributed by atoms with van der Waals surface area (Å²) in [5.41, 5.74) is -3.89. The monoisotopic (exact) mass is 375 g/mol. The van der Waals surface area contributed by atoms with Crippen molar-refractivity contribution in [2.45, 2.75) is 25.1 Å². The molecule has 1 aliphatic heterocycles. The van der Waals surface area contributed by atoms with Gasteiger partial charge in [0.1, 0.15) is 0 Å². The van der Waals surface area contributed by atoms with E-state index in [9.17, 15) is 27.9 Å². The third-order valence-corrected chi connectivity index (χ3v) is 5.29. The van der Waals surface area contributed by atoms with Crippen LogP contribution < -0.4 is 0 Å². The van der Waals surface area contributed by atoms with Crippen LogP contribution in [0.4, 0.5) is 13.2 Å². The summed E-state index contributed by atoms with van der Waals surface area (Å²) in [5.74, 6) is -0.905. The van der Waals surface area contributed by atoms with Gasteiger partial charge in [-0.25, -0.2) is 0 Å². The molecule has 0 aromatic heterocycles. The highest BCUT2D eigenvalue weighted by atomic mass is 19.4. The van der Waals surface area contributed by atoms with Crippen molar-refractivity contribution in [3.8, 4) is 11.1 Å². The van der Waals surface area contributed by atoms with E-state index < -0.39 is 29.0 Å². The Morgan fingerprint density at radius 2 is 1.78 bits per heavy atom. The lowest BCUT2D eigenvalue weighted by Crippen LogP contribution is -2.43. The van der Waals surface area contributed by atoms with Crippen molar-refractivity contribution in [1.82, 2.24) is 4.90 Å². The molecule has 1 N–H and O–H groups in total. The predicted octanol–water partition coefficient (Wildman–Crippen LogP) is 3.51. The van der Waals surface area contributed by atoms with Gasteiger partial charge in [0.2, 0.25) is 5.60 Å². The maximum atomic E-state index is 14.0. The van der Waals surface area contributed by atoms with E-state index in [2.05, 4.69) is 0 Å². The number of aliphatic hydroxyl groups is 1. The van der Waals surface area contributed by atoms with E-state index in [0.29, 0.717) is 13.1 Å². The third kappa shape index (κ3) is 2.34. The maximum Gasteiger partial charge on any atom is 0.425 e. The van der Waals surface area contributed by atoms with Gasteiger partial charge >= 0.3 is 6.18 Å². The van der Waals surface area contributed by atoms with Crippen LogP contribution in [0.2, 0.25) is 0 Å². The number of carbonyl (C=O) groups excluding carboxylic acids is 2. The molecule has 27 heavy (non-hydrogen) atoms. The van der Waals surface area contributed by atoms with Gasteiger partial charge in [0.05, 0.1) is 0 Å². The molecular weight excluding hydrogens is 359 g/mol. The van der Waals surface area contributed by atoms with Crippen molar-refractivity contribution in [1.29, 1.82) is 0 Å². The molecule has 1 unspecified atom stereocenters. The molecule has 0 radical (unpaired) electrons. The van der Waals surface area contributed by atoms with E-state index in [1.807, 2.05) is 0 Å². The second kappa shape index (κ2) is 5.66. The molecule has 7 heteroatoms. The average Bonchev–Trinajstić information content (AvgIpc) is 2.83. The number of amides is 1. The quantitative estimate of drug-likeness (QED) is 0.818. The van der Waals surface area contributed by atoms with Crippen LogP contribution in [0, 0.1) is 0 Å². The Kier molecular flexibility index (Phi) is 3.72. The maximum absolute atomic E-state index is 14.0. The van der Waals surface area contributed by atoms with Crippen LogP contribution in [-0.2, 0) is 5.60 Å². The molecule has 140 valence electrons. The minimum absolute atomic E-state index is 0.00370. The SMILES string of the molecule is CC(=O)c1cc(C(=O)N2CCC2)cc2c1-c1ccccc1C2(O)C(F)(F)F. The highest BCUT2D eigenvalue weighted by molar-refractivity contribution is 6.07. The number of ketones is 1. The van der Waals surface area contributed by atoms with E-state index in [1.54, 1.807) is 6.07 Å². The Morgan fingerprint density at radius 3 is 2.33 bits per heavy atom. The lowest BCUT2D eigenvalue weighted by molar-refractivity contribution is -0.246. The molecule has 0 spiro atoms. The molecule has 2 aromatic rings. The number of Topliss-reactive ketones (excluding diaryl/α,β-unsaturated/α-hetero) is 1. The summed E-state index contributed by atoms with van der Waals surface area (Å²) in [4.78, 5) is 26.3. The summed E-state index contributed by atoms with van der Waals surface area (Å²) in [6, 6.07) is 8.01. The fourth-order valence-corrected chi connectivity index (χ4v) is 3.79. The van der Waals surface area contributed by atoms with Crippen molar-refractivity contribution in [3.63, 3.8) is 0 Å². The fraction of sp³-hybridized carbons (Fsp3) is 0.300. The van der Waals surface area contributed by atoms with Gasteiger partial charge in [-0.3, -0.25) is 9.59 Å². The predicted molar refractivity (Wildman–Crippen MR) is 91.5 cm³/mol. The molecule has 2 aromatic carbocycles. The number of nitrogens with zero attached hydrogens (tertiary/aromatic N) is 1. The summed E-state index contributed by atoms with van der Waals surface area (Å²) < 4.78 is 41.9. The Hall–Kier alpha value is -2.67. The van der Waals surface area contributed by atoms with Gasteiger partial charge < -0.3 is 10.0 Å². The largest absolute Gasteiger partial charge is 0.425 e. The van der Waals surface area contributed by atoms with E-state index in [4.69, 9.17) is 0 Å². The smallest absolute Gasteiger partial charge is 0.372 e. The molecule has 0 saturated carbocycles. The van der Waals surface area contributed by atoms with Crippen molar-refractivity contribution < 1.29 is 27.9 Å². The zero-order chi connectivity index (χ0) is 19.6. The Bertz CT molecular complexity index is 979. The van der Waals surface area contributed by atoms with Gasteiger partial charge in [0.25, 0.3) is 5.91 Å². The van der Waals surface area contributed by atoms with Crippen LogP contribution in [0.25, 0.3) is 11.1 Å². The first-order valence-corrected chi connectivity index (χ1v) is 8.54. The molecule has 4 rings (SSSR count). The number of benzene rings is 2. The molecule has 1 saturated heterocycles. The van der Waals surface area contributed by atoms with Gasteiger partial charge in [-0.1, -0.05) is 24.3 Å². The first kappa shape index (κ1) is 17.7. The molecule has 2 aliphatic rings. The first-order valence-electron chi connectivity index (χ1n) is 8.54. The lowest BCUT2D eigenvalue weighted by Gasteiger charge is -2.32. The van der Waals surface area contributed by atoms with Crippen LogP contribution >= 0.6 is 0 Å². The summed E-state index contributed by atoms with van der Waals surface area (Å²) in [6.45, 7) is 2.28. The van der Waals surface area contributed by atoms with Crippen LogP contribution in [0.15, 0.2) is 36.4 Å². The summed E-state index contributed by atoms with van der Waals surface area (Å²) in [7, 11) is 0. The topological polar surface area (TPSA) is 57.6 Å². The second-order valence-electron chi connectivity index (χ2n) is 6.90. The number of alkyl halides is 3. The molecule has 4 nitrogen and oxygen atoms in total. The molecule has 1 amide bonds. The third-order valence-electron chi connectivity index (χ3n) is 5.29. The summed E-state index contributed by atoms with van der Waals surface area (Å²) in [6.07, 6.45) is -4.19. The van der Waals surface area contributed by atoms with Crippen LogP contribution in [0.3, 0.4) is 0 Å². The Labute approximate surface area is 153 Å². The number of hydrogen-bond donors (Lipinski definition) is 1.